The number of nitrogens with zero attached hydrogens (tertiary/aromatic N) is 1. The van der Waals surface area contributed by atoms with Crippen molar-refractivity contribution in [3.63, 3.8) is 0 Å². The van der Waals surface area contributed by atoms with Gasteiger partial charge in [-0.3, -0.25) is 4.79 Å². The number of amides is 1. The number of piperidine rings is 1. The molecule has 0 saturated carbocycles. The number of halogens is 3. The van der Waals surface area contributed by atoms with Gasteiger partial charge in [-0.05, 0) is 40.9 Å². The zero-order valence-electron chi connectivity index (χ0n) is 9.13. The second-order valence-corrected chi connectivity index (χ2v) is 5.27. The number of carbonyl (C=O) groups excluding carboxylic acids is 1. The Labute approximate surface area is 113 Å². The molecule has 0 radical (unpaired) electrons. The maximum absolute atomic E-state index is 13.0. The summed E-state index contributed by atoms with van der Waals surface area (Å²) >= 11 is 9.25. The van der Waals surface area contributed by atoms with E-state index in [0.717, 1.165) is 0 Å². The number of alkyl halides is 1. The highest BCUT2D eigenvalue weighted by atomic mass is 79.9. The molecule has 1 fully saturated rings. The topological polar surface area (TPSA) is 20.3 Å². The van der Waals surface area contributed by atoms with E-state index in [-0.39, 0.29) is 5.91 Å². The maximum atomic E-state index is 13.0. The van der Waals surface area contributed by atoms with Gasteiger partial charge in [0.1, 0.15) is 6.17 Å². The summed E-state index contributed by atoms with van der Waals surface area (Å²) in [6.45, 7) is 0.942. The van der Waals surface area contributed by atoms with Gasteiger partial charge in [-0.1, -0.05) is 17.7 Å². The number of hydrogen-bond donors (Lipinski definition) is 0. The highest BCUT2D eigenvalue weighted by Crippen LogP contribution is 2.28. The Bertz CT molecular complexity index is 433. The Morgan fingerprint density at radius 1 is 1.41 bits per heavy atom. The zero-order valence-corrected chi connectivity index (χ0v) is 11.5. The molecular weight excluding hydrogens is 308 g/mol. The number of hydrogen-bond acceptors (Lipinski definition) is 1. The van der Waals surface area contributed by atoms with Crippen LogP contribution in [-0.4, -0.2) is 30.1 Å². The predicted molar refractivity (Wildman–Crippen MR) is 69.2 cm³/mol. The molecule has 1 aliphatic rings. The van der Waals surface area contributed by atoms with Crippen molar-refractivity contribution >= 4 is 33.4 Å². The largest absolute Gasteiger partial charge is 0.338 e. The molecule has 0 spiro atoms. The molecule has 2 nitrogen and oxygen atoms in total. The first kappa shape index (κ1) is 12.8. The lowest BCUT2D eigenvalue weighted by Crippen LogP contribution is -2.39. The molecule has 0 atom stereocenters. The second-order valence-electron chi connectivity index (χ2n) is 4.07. The maximum Gasteiger partial charge on any atom is 0.255 e. The molecule has 17 heavy (non-hydrogen) atoms. The predicted octanol–water partition coefficient (Wildman–Crippen LogP) is 3.68. The normalized spacial score (nSPS) is 17.2. The first-order valence-corrected chi connectivity index (χ1v) is 6.64. The summed E-state index contributed by atoms with van der Waals surface area (Å²) in [5.41, 5.74) is 0.537. The van der Waals surface area contributed by atoms with Crippen LogP contribution in [0.4, 0.5) is 4.39 Å². The van der Waals surface area contributed by atoms with Crippen LogP contribution in [-0.2, 0) is 0 Å². The molecular formula is C12H12BrClFNO. The molecule has 1 aliphatic heterocycles. The molecule has 2 rings (SSSR count). The van der Waals surface area contributed by atoms with Gasteiger partial charge in [0.2, 0.25) is 0 Å². The second kappa shape index (κ2) is 5.36. The molecule has 0 unspecified atom stereocenters. The Hall–Kier alpha value is -0.610. The molecule has 0 aliphatic carbocycles. The Balaban J connectivity index is 2.17. The van der Waals surface area contributed by atoms with Gasteiger partial charge in [-0.25, -0.2) is 4.39 Å². The van der Waals surface area contributed by atoms with E-state index in [1.807, 2.05) is 0 Å². The summed E-state index contributed by atoms with van der Waals surface area (Å²) in [6.07, 6.45) is 0.0651. The minimum Gasteiger partial charge on any atom is -0.338 e. The Kier molecular flexibility index (Phi) is 4.05. The standard InChI is InChI=1S/C12H12BrClFNO/c13-11-9(2-1-3-10(11)14)12(17)16-6-4-8(15)5-7-16/h1-3,8H,4-7H2. The summed E-state index contributed by atoms with van der Waals surface area (Å²) in [4.78, 5) is 13.9. The molecule has 1 aromatic carbocycles. The third-order valence-corrected chi connectivity index (χ3v) is 4.29. The first-order valence-electron chi connectivity index (χ1n) is 5.47. The molecule has 0 aromatic heterocycles. The molecule has 1 amide bonds. The van der Waals surface area contributed by atoms with Gasteiger partial charge >= 0.3 is 0 Å². The van der Waals surface area contributed by atoms with Crippen LogP contribution >= 0.6 is 27.5 Å². The van der Waals surface area contributed by atoms with E-state index < -0.39 is 6.17 Å². The lowest BCUT2D eigenvalue weighted by Gasteiger charge is -2.29. The summed E-state index contributed by atoms with van der Waals surface area (Å²) in [5, 5.41) is 0.510. The van der Waals surface area contributed by atoms with Crippen LogP contribution in [0.2, 0.25) is 5.02 Å². The van der Waals surface area contributed by atoms with Crippen LogP contribution in [0.3, 0.4) is 0 Å². The first-order chi connectivity index (χ1) is 8.09. The van der Waals surface area contributed by atoms with E-state index in [2.05, 4.69) is 15.9 Å². The Morgan fingerprint density at radius 3 is 2.71 bits per heavy atom. The third kappa shape index (κ3) is 2.80. The van der Waals surface area contributed by atoms with Crippen LogP contribution in [0.15, 0.2) is 22.7 Å². The van der Waals surface area contributed by atoms with Crippen molar-refractivity contribution in [3.05, 3.63) is 33.3 Å². The van der Waals surface area contributed by atoms with E-state index in [4.69, 9.17) is 11.6 Å². The van der Waals surface area contributed by atoms with Crippen molar-refractivity contribution in [3.8, 4) is 0 Å². The minimum atomic E-state index is -0.776. The SMILES string of the molecule is O=C(c1cccc(Cl)c1Br)N1CCC(F)CC1. The van der Waals surface area contributed by atoms with Crippen molar-refractivity contribution < 1.29 is 9.18 Å². The van der Waals surface area contributed by atoms with Gasteiger partial charge in [0.15, 0.2) is 0 Å². The van der Waals surface area contributed by atoms with Crippen molar-refractivity contribution in [1.82, 2.24) is 4.90 Å². The lowest BCUT2D eigenvalue weighted by atomic mass is 10.1. The van der Waals surface area contributed by atoms with Crippen LogP contribution in [0, 0.1) is 0 Å². The van der Waals surface area contributed by atoms with Crippen molar-refractivity contribution in [2.45, 2.75) is 19.0 Å². The molecule has 92 valence electrons. The average molecular weight is 321 g/mol. The molecule has 1 heterocycles. The molecule has 0 N–H and O–H groups in total. The fraction of sp³-hybridized carbons (Fsp3) is 0.417. The highest BCUT2D eigenvalue weighted by Gasteiger charge is 2.24. The van der Waals surface area contributed by atoms with Crippen LogP contribution in [0.25, 0.3) is 0 Å². The molecule has 5 heteroatoms. The van der Waals surface area contributed by atoms with E-state index in [0.29, 0.717) is 41.0 Å². The van der Waals surface area contributed by atoms with E-state index in [1.165, 1.54) is 0 Å². The van der Waals surface area contributed by atoms with Gasteiger partial charge in [0.25, 0.3) is 5.91 Å². The zero-order chi connectivity index (χ0) is 12.4. The Morgan fingerprint density at radius 2 is 2.06 bits per heavy atom. The van der Waals surface area contributed by atoms with Crippen LogP contribution < -0.4 is 0 Å². The van der Waals surface area contributed by atoms with E-state index in [1.54, 1.807) is 23.1 Å². The third-order valence-electron chi connectivity index (χ3n) is 2.89. The van der Waals surface area contributed by atoms with E-state index >= 15 is 0 Å². The smallest absolute Gasteiger partial charge is 0.255 e. The van der Waals surface area contributed by atoms with Crippen LogP contribution in [0.1, 0.15) is 23.2 Å². The number of rotatable bonds is 1. The van der Waals surface area contributed by atoms with Crippen molar-refractivity contribution in [2.24, 2.45) is 0 Å². The number of benzene rings is 1. The molecule has 0 bridgehead atoms. The molecule has 1 aromatic rings. The number of carbonyl (C=O) groups is 1. The van der Waals surface area contributed by atoms with Crippen molar-refractivity contribution in [2.75, 3.05) is 13.1 Å². The average Bonchev–Trinajstić information content (AvgIpc) is 2.33. The van der Waals surface area contributed by atoms with Gasteiger partial charge in [-0.15, -0.1) is 0 Å². The van der Waals surface area contributed by atoms with Crippen molar-refractivity contribution in [1.29, 1.82) is 0 Å². The fourth-order valence-electron chi connectivity index (χ4n) is 1.89. The summed E-state index contributed by atoms with van der Waals surface area (Å²) in [5.74, 6) is -0.0914. The van der Waals surface area contributed by atoms with Gasteiger partial charge in [-0.2, -0.15) is 0 Å². The van der Waals surface area contributed by atoms with Crippen LogP contribution in [0.5, 0.6) is 0 Å². The fourth-order valence-corrected chi connectivity index (χ4v) is 2.50. The lowest BCUT2D eigenvalue weighted by molar-refractivity contribution is 0.0666. The van der Waals surface area contributed by atoms with E-state index in [9.17, 15) is 9.18 Å². The summed E-state index contributed by atoms with van der Waals surface area (Å²) in [7, 11) is 0. The van der Waals surface area contributed by atoms with Gasteiger partial charge < -0.3 is 4.90 Å². The number of likely N-dealkylation sites (tertiary alicyclic amines) is 1. The summed E-state index contributed by atoms with van der Waals surface area (Å²) in [6, 6.07) is 5.18. The highest BCUT2D eigenvalue weighted by molar-refractivity contribution is 9.10. The van der Waals surface area contributed by atoms with Gasteiger partial charge in [0.05, 0.1) is 10.6 Å². The quantitative estimate of drug-likeness (QED) is 0.773. The monoisotopic (exact) mass is 319 g/mol. The minimum absolute atomic E-state index is 0.0914. The molecule has 1 saturated heterocycles. The van der Waals surface area contributed by atoms with Gasteiger partial charge in [0, 0.05) is 17.6 Å². The summed E-state index contributed by atoms with van der Waals surface area (Å²) < 4.78 is 13.6.